The molecule has 0 spiro atoms. The standard InChI is InChI=1S/C18H21F2N3O2S/c1-11-3-4-13(25-2)14-15(11)26-17(21-14)23-9-12(10-23)16(24)22-7-5-18(19,20)6-8-22/h3-4,12H,5-10H2,1-2H3. The van der Waals surface area contributed by atoms with Gasteiger partial charge in [0.2, 0.25) is 5.91 Å². The van der Waals surface area contributed by atoms with Crippen molar-refractivity contribution in [3.8, 4) is 5.75 Å². The minimum Gasteiger partial charge on any atom is -0.494 e. The molecule has 2 aliphatic heterocycles. The number of fused-ring (bicyclic) bond motifs is 1. The molecule has 140 valence electrons. The van der Waals surface area contributed by atoms with Crippen LogP contribution in [0.5, 0.6) is 5.75 Å². The predicted molar refractivity (Wildman–Crippen MR) is 97.4 cm³/mol. The van der Waals surface area contributed by atoms with Crippen LogP contribution < -0.4 is 9.64 Å². The zero-order valence-corrected chi connectivity index (χ0v) is 15.6. The molecule has 8 heteroatoms. The number of methoxy groups -OCH3 is 1. The van der Waals surface area contributed by atoms with Crippen LogP contribution in [0.4, 0.5) is 13.9 Å². The van der Waals surface area contributed by atoms with Crippen molar-refractivity contribution in [2.45, 2.75) is 25.7 Å². The summed E-state index contributed by atoms with van der Waals surface area (Å²) in [5.41, 5.74) is 1.99. The molecule has 0 unspecified atom stereocenters. The molecule has 2 fully saturated rings. The number of aryl methyl sites for hydroxylation is 1. The van der Waals surface area contributed by atoms with Crippen LogP contribution in [0, 0.1) is 12.8 Å². The summed E-state index contributed by atoms with van der Waals surface area (Å²) in [5, 5.41) is 0.877. The van der Waals surface area contributed by atoms with Gasteiger partial charge < -0.3 is 14.5 Å². The summed E-state index contributed by atoms with van der Waals surface area (Å²) in [6.45, 7) is 3.53. The number of piperidine rings is 1. The van der Waals surface area contributed by atoms with E-state index in [1.165, 1.54) is 0 Å². The largest absolute Gasteiger partial charge is 0.494 e. The summed E-state index contributed by atoms with van der Waals surface area (Å²) in [7, 11) is 1.63. The molecular formula is C18H21F2N3O2S. The lowest BCUT2D eigenvalue weighted by Crippen LogP contribution is -2.56. The van der Waals surface area contributed by atoms with E-state index in [9.17, 15) is 13.6 Å². The van der Waals surface area contributed by atoms with Gasteiger partial charge >= 0.3 is 0 Å². The maximum Gasteiger partial charge on any atom is 0.251 e. The zero-order chi connectivity index (χ0) is 18.5. The van der Waals surface area contributed by atoms with Crippen LogP contribution in [0.3, 0.4) is 0 Å². The van der Waals surface area contributed by atoms with E-state index in [1.54, 1.807) is 23.3 Å². The Labute approximate surface area is 154 Å². The topological polar surface area (TPSA) is 45.7 Å². The van der Waals surface area contributed by atoms with Crippen molar-refractivity contribution < 1.29 is 18.3 Å². The number of amides is 1. The first-order valence-electron chi connectivity index (χ1n) is 8.74. The number of carbonyl (C=O) groups excluding carboxylic acids is 1. The van der Waals surface area contributed by atoms with Crippen molar-refractivity contribution in [1.82, 2.24) is 9.88 Å². The lowest BCUT2D eigenvalue weighted by atomic mass is 9.97. The van der Waals surface area contributed by atoms with Crippen molar-refractivity contribution in [2.75, 3.05) is 38.2 Å². The van der Waals surface area contributed by atoms with Crippen LogP contribution in [-0.2, 0) is 4.79 Å². The Hall–Kier alpha value is -1.96. The number of benzene rings is 1. The first-order valence-corrected chi connectivity index (χ1v) is 9.55. The number of hydrogen-bond donors (Lipinski definition) is 0. The lowest BCUT2D eigenvalue weighted by Gasteiger charge is -2.42. The highest BCUT2D eigenvalue weighted by atomic mass is 32.1. The van der Waals surface area contributed by atoms with Gasteiger partial charge in [-0.15, -0.1) is 0 Å². The molecule has 0 aliphatic carbocycles. The molecular weight excluding hydrogens is 360 g/mol. The van der Waals surface area contributed by atoms with E-state index < -0.39 is 5.92 Å². The van der Waals surface area contributed by atoms with E-state index in [0.717, 1.165) is 26.7 Å². The summed E-state index contributed by atoms with van der Waals surface area (Å²) in [6.07, 6.45) is -0.460. The molecule has 2 aromatic rings. The molecule has 0 bridgehead atoms. The molecule has 0 radical (unpaired) electrons. The third-order valence-corrected chi connectivity index (χ3v) is 6.47. The molecule has 4 rings (SSSR count). The Morgan fingerprint density at radius 2 is 2.00 bits per heavy atom. The molecule has 1 aromatic carbocycles. The fraction of sp³-hybridized carbons (Fsp3) is 0.556. The summed E-state index contributed by atoms with van der Waals surface area (Å²) >= 11 is 1.60. The molecule has 5 nitrogen and oxygen atoms in total. The van der Waals surface area contributed by atoms with Gasteiger partial charge in [-0.05, 0) is 18.6 Å². The number of alkyl halides is 2. The second kappa shape index (κ2) is 6.33. The normalized spacial score (nSPS) is 20.3. The summed E-state index contributed by atoms with van der Waals surface area (Å²) in [4.78, 5) is 20.9. The number of halogens is 2. The monoisotopic (exact) mass is 381 g/mol. The van der Waals surface area contributed by atoms with Crippen molar-refractivity contribution in [2.24, 2.45) is 5.92 Å². The molecule has 0 atom stereocenters. The second-order valence-electron chi connectivity index (χ2n) is 7.04. The highest BCUT2D eigenvalue weighted by Gasteiger charge is 2.41. The number of rotatable bonds is 3. The van der Waals surface area contributed by atoms with E-state index in [0.29, 0.717) is 13.1 Å². The zero-order valence-electron chi connectivity index (χ0n) is 14.8. The highest BCUT2D eigenvalue weighted by molar-refractivity contribution is 7.22. The molecule has 2 aliphatic rings. The second-order valence-corrected chi connectivity index (χ2v) is 8.02. The number of aromatic nitrogens is 1. The third-order valence-electron chi connectivity index (χ3n) is 5.22. The van der Waals surface area contributed by atoms with Gasteiger partial charge in [0.1, 0.15) is 11.3 Å². The van der Waals surface area contributed by atoms with Crippen LogP contribution in [0.2, 0.25) is 0 Å². The van der Waals surface area contributed by atoms with Crippen molar-refractivity contribution in [3.05, 3.63) is 17.7 Å². The van der Waals surface area contributed by atoms with Gasteiger partial charge in [-0.3, -0.25) is 4.79 Å². The Morgan fingerprint density at radius 3 is 2.65 bits per heavy atom. The molecule has 0 N–H and O–H groups in total. The number of hydrogen-bond acceptors (Lipinski definition) is 5. The fourth-order valence-electron chi connectivity index (χ4n) is 3.50. The van der Waals surface area contributed by atoms with Gasteiger partial charge in [-0.2, -0.15) is 0 Å². The van der Waals surface area contributed by atoms with E-state index in [1.807, 2.05) is 19.1 Å². The van der Waals surface area contributed by atoms with Crippen LogP contribution in [0.25, 0.3) is 10.2 Å². The molecule has 0 saturated carbocycles. The van der Waals surface area contributed by atoms with Gasteiger partial charge in [-0.25, -0.2) is 13.8 Å². The van der Waals surface area contributed by atoms with Crippen molar-refractivity contribution in [1.29, 1.82) is 0 Å². The maximum absolute atomic E-state index is 13.3. The van der Waals surface area contributed by atoms with E-state index in [-0.39, 0.29) is 37.8 Å². The van der Waals surface area contributed by atoms with Crippen LogP contribution in [0.1, 0.15) is 18.4 Å². The Bertz CT molecular complexity index is 838. The number of nitrogens with zero attached hydrogens (tertiary/aromatic N) is 3. The minimum absolute atomic E-state index is 0.00776. The van der Waals surface area contributed by atoms with E-state index in [2.05, 4.69) is 9.88 Å². The number of thiazole rings is 1. The SMILES string of the molecule is COc1ccc(C)c2sc(N3CC(C(=O)N4CCC(F)(F)CC4)C3)nc12. The molecule has 1 aromatic heterocycles. The van der Waals surface area contributed by atoms with Gasteiger partial charge in [0.05, 0.1) is 17.7 Å². The Kier molecular flexibility index (Phi) is 4.25. The Morgan fingerprint density at radius 1 is 1.31 bits per heavy atom. The quantitative estimate of drug-likeness (QED) is 0.818. The smallest absolute Gasteiger partial charge is 0.251 e. The summed E-state index contributed by atoms with van der Waals surface area (Å²) < 4.78 is 33.0. The molecule has 3 heterocycles. The van der Waals surface area contributed by atoms with E-state index >= 15 is 0 Å². The van der Waals surface area contributed by atoms with Gasteiger partial charge in [0.25, 0.3) is 5.92 Å². The van der Waals surface area contributed by atoms with Gasteiger partial charge in [-0.1, -0.05) is 17.4 Å². The maximum atomic E-state index is 13.3. The Balaban J connectivity index is 1.43. The van der Waals surface area contributed by atoms with Crippen LogP contribution >= 0.6 is 11.3 Å². The summed E-state index contributed by atoms with van der Waals surface area (Å²) in [5.74, 6) is -2.01. The van der Waals surface area contributed by atoms with Crippen molar-refractivity contribution in [3.63, 3.8) is 0 Å². The third kappa shape index (κ3) is 3.00. The average molecular weight is 381 g/mol. The number of anilines is 1. The first kappa shape index (κ1) is 17.5. The minimum atomic E-state index is -2.62. The molecule has 1 amide bonds. The average Bonchev–Trinajstić information content (AvgIpc) is 2.99. The molecule has 2 saturated heterocycles. The lowest BCUT2D eigenvalue weighted by molar-refractivity contribution is -0.142. The predicted octanol–water partition coefficient (Wildman–Crippen LogP) is 3.31. The number of likely N-dealkylation sites (tertiary alicyclic amines) is 1. The highest BCUT2D eigenvalue weighted by Crippen LogP contribution is 2.39. The van der Waals surface area contributed by atoms with Crippen molar-refractivity contribution >= 4 is 32.6 Å². The summed E-state index contributed by atoms with van der Waals surface area (Å²) in [6, 6.07) is 3.92. The van der Waals surface area contributed by atoms with Gasteiger partial charge in [0, 0.05) is 39.0 Å². The first-order chi connectivity index (χ1) is 12.4. The van der Waals surface area contributed by atoms with Crippen LogP contribution in [-0.4, -0.2) is 55.0 Å². The van der Waals surface area contributed by atoms with Crippen LogP contribution in [0.15, 0.2) is 12.1 Å². The van der Waals surface area contributed by atoms with Gasteiger partial charge in [0.15, 0.2) is 5.13 Å². The van der Waals surface area contributed by atoms with E-state index in [4.69, 9.17) is 4.74 Å². The molecule has 26 heavy (non-hydrogen) atoms. The number of carbonyl (C=O) groups is 1. The fourth-order valence-corrected chi connectivity index (χ4v) is 4.57. The number of ether oxygens (including phenoxy) is 1.